The van der Waals surface area contributed by atoms with Gasteiger partial charge in [-0.25, -0.2) is 17.5 Å². The molecule has 0 saturated carbocycles. The minimum atomic E-state index is -4.16. The average molecular weight is 718 g/mol. The van der Waals surface area contributed by atoms with Gasteiger partial charge < -0.3 is 0 Å². The van der Waals surface area contributed by atoms with Crippen LogP contribution in [0.3, 0.4) is 0 Å². The summed E-state index contributed by atoms with van der Waals surface area (Å²) in [5, 5.41) is 0. The van der Waals surface area contributed by atoms with Crippen molar-refractivity contribution < 1.29 is 17.6 Å². The molecule has 6 aromatic carbocycles. The molecule has 6 aromatic rings. The zero-order valence-electron chi connectivity index (χ0n) is 29.6. The van der Waals surface area contributed by atoms with E-state index in [9.17, 15) is 17.6 Å². The zero-order chi connectivity index (χ0) is 37.3. The van der Waals surface area contributed by atoms with E-state index in [1.807, 2.05) is 134 Å². The molecule has 0 aliphatic rings. The Morgan fingerprint density at radius 2 is 1.23 bits per heavy atom. The fourth-order valence-corrected chi connectivity index (χ4v) is 7.97. The Balaban J connectivity index is 1.56. The van der Waals surface area contributed by atoms with Gasteiger partial charge in [-0.3, -0.25) is 4.79 Å². The molecule has 1 N–H and O–H groups in total. The van der Waals surface area contributed by atoms with Crippen LogP contribution in [0.1, 0.15) is 52.8 Å². The lowest BCUT2D eigenvalue weighted by molar-refractivity contribution is -0.122. The second-order valence-electron chi connectivity index (χ2n) is 13.1. The lowest BCUT2D eigenvalue weighted by Crippen LogP contribution is -2.40. The monoisotopic (exact) mass is 717 g/mol. The van der Waals surface area contributed by atoms with Crippen LogP contribution >= 0.6 is 0 Å². The van der Waals surface area contributed by atoms with Crippen molar-refractivity contribution in [3.8, 4) is 11.8 Å². The topological polar surface area (TPSA) is 63.2 Å². The molecule has 0 fully saturated rings. The van der Waals surface area contributed by atoms with Crippen LogP contribution in [-0.2, 0) is 20.2 Å². The quantitative estimate of drug-likeness (QED) is 0.128. The van der Waals surface area contributed by atoms with Crippen molar-refractivity contribution >= 4 is 21.4 Å². The van der Waals surface area contributed by atoms with Gasteiger partial charge >= 0.3 is 0 Å². The van der Waals surface area contributed by atoms with Crippen LogP contribution < -0.4 is 4.72 Å². The molecule has 264 valence electrons. The highest BCUT2D eigenvalue weighted by Crippen LogP contribution is 2.42. The van der Waals surface area contributed by atoms with Gasteiger partial charge in [-0.1, -0.05) is 163 Å². The second-order valence-corrected chi connectivity index (χ2v) is 14.8. The Morgan fingerprint density at radius 3 is 1.72 bits per heavy atom. The van der Waals surface area contributed by atoms with E-state index in [1.165, 1.54) is 37.3 Å². The Kier molecular flexibility index (Phi) is 11.6. The van der Waals surface area contributed by atoms with E-state index in [2.05, 4.69) is 16.6 Å². The van der Waals surface area contributed by atoms with E-state index in [-0.39, 0.29) is 17.1 Å². The highest BCUT2D eigenvalue weighted by Gasteiger charge is 2.41. The number of sulfonamides is 1. The van der Waals surface area contributed by atoms with Gasteiger partial charge in [0.05, 0.1) is 16.4 Å². The third-order valence-corrected chi connectivity index (χ3v) is 10.9. The summed E-state index contributed by atoms with van der Waals surface area (Å²) in [5.41, 5.74) is 4.72. The van der Waals surface area contributed by atoms with E-state index in [0.29, 0.717) is 5.56 Å². The normalized spacial score (nSPS) is 12.5. The highest BCUT2D eigenvalue weighted by molar-refractivity contribution is 7.89. The van der Waals surface area contributed by atoms with Crippen molar-refractivity contribution in [3.05, 3.63) is 215 Å². The first kappa shape index (κ1) is 36.9. The largest absolute Gasteiger partial charge is 0.300 e. The van der Waals surface area contributed by atoms with Gasteiger partial charge in [0.15, 0.2) is 0 Å². The van der Waals surface area contributed by atoms with Crippen LogP contribution in [0.5, 0.6) is 0 Å². The Hall–Kier alpha value is -5.87. The van der Waals surface area contributed by atoms with E-state index in [0.717, 1.165) is 33.4 Å². The standard InChI is InChI=1S/C47H40FNO3S/c1-35-28-30-43(31-29-35)53(51,52)49-46(39-21-15-26-42(48)33-39)45(36(2)50)34-47(40-22-11-5-12-23-40,41-24-13-6-14-25-41)32-16-27-44(37-17-7-3-8-18-37)38-19-9-4-10-20-38/h3-15,17-31,33,45-46,49H,34H2,1-2H3/t45-,46-/m1/s1. The molecule has 0 radical (unpaired) electrons. The summed E-state index contributed by atoms with van der Waals surface area (Å²) in [7, 11) is -4.16. The first-order chi connectivity index (χ1) is 25.7. The summed E-state index contributed by atoms with van der Waals surface area (Å²) in [6.45, 7) is 3.32. The summed E-state index contributed by atoms with van der Waals surface area (Å²) in [5.74, 6) is 5.24. The molecular weight excluding hydrogens is 678 g/mol. The van der Waals surface area contributed by atoms with Gasteiger partial charge in [-0.2, -0.15) is 0 Å². The molecule has 2 atom stereocenters. The highest BCUT2D eigenvalue weighted by atomic mass is 32.2. The third-order valence-electron chi connectivity index (χ3n) is 9.48. The van der Waals surface area contributed by atoms with Crippen molar-refractivity contribution in [2.45, 2.75) is 36.6 Å². The number of allylic oxidation sites excluding steroid dienone is 1. The van der Waals surface area contributed by atoms with Crippen LogP contribution in [-0.4, -0.2) is 14.2 Å². The number of carbonyl (C=O) groups excluding carboxylic acids is 1. The van der Waals surface area contributed by atoms with E-state index < -0.39 is 33.2 Å². The maximum atomic E-state index is 14.9. The maximum Gasteiger partial charge on any atom is 0.241 e. The first-order valence-electron chi connectivity index (χ1n) is 17.5. The van der Waals surface area contributed by atoms with Crippen molar-refractivity contribution in [1.82, 2.24) is 4.72 Å². The molecule has 4 nitrogen and oxygen atoms in total. The van der Waals surface area contributed by atoms with Gasteiger partial charge in [0.2, 0.25) is 10.0 Å². The van der Waals surface area contributed by atoms with Crippen LogP contribution in [0.25, 0.3) is 5.57 Å². The van der Waals surface area contributed by atoms with Gasteiger partial charge in [-0.05, 0) is 84.0 Å². The number of ketones is 1. The van der Waals surface area contributed by atoms with Gasteiger partial charge in [0.25, 0.3) is 0 Å². The molecule has 0 aliphatic carbocycles. The number of hydrogen-bond donors (Lipinski definition) is 1. The fraction of sp³-hybridized carbons (Fsp3) is 0.128. The van der Waals surface area contributed by atoms with Gasteiger partial charge in [-0.15, -0.1) is 0 Å². The zero-order valence-corrected chi connectivity index (χ0v) is 30.4. The number of halogens is 1. The number of hydrogen-bond acceptors (Lipinski definition) is 3. The number of carbonyl (C=O) groups is 1. The van der Waals surface area contributed by atoms with Crippen molar-refractivity contribution in [2.75, 3.05) is 0 Å². The molecule has 0 amide bonds. The summed E-state index contributed by atoms with van der Waals surface area (Å²) in [4.78, 5) is 14.1. The molecule has 0 spiro atoms. The van der Waals surface area contributed by atoms with Crippen LogP contribution in [0.15, 0.2) is 181 Å². The summed E-state index contributed by atoms with van der Waals surface area (Å²) < 4.78 is 45.7. The molecule has 0 saturated heterocycles. The Labute approximate surface area is 312 Å². The molecule has 53 heavy (non-hydrogen) atoms. The molecule has 0 aliphatic heterocycles. The van der Waals surface area contributed by atoms with E-state index in [1.54, 1.807) is 18.2 Å². The molecule has 0 heterocycles. The van der Waals surface area contributed by atoms with E-state index >= 15 is 0 Å². The molecular formula is C47H40FNO3S. The van der Waals surface area contributed by atoms with Gasteiger partial charge in [0, 0.05) is 5.92 Å². The van der Waals surface area contributed by atoms with Crippen LogP contribution in [0.2, 0.25) is 0 Å². The van der Waals surface area contributed by atoms with E-state index in [4.69, 9.17) is 0 Å². The first-order valence-corrected chi connectivity index (χ1v) is 18.9. The molecule has 0 bridgehead atoms. The number of aryl methyl sites for hydroxylation is 1. The van der Waals surface area contributed by atoms with Crippen molar-refractivity contribution in [1.29, 1.82) is 0 Å². The lowest BCUT2D eigenvalue weighted by Gasteiger charge is -2.36. The molecule has 6 rings (SSSR count). The summed E-state index contributed by atoms with van der Waals surface area (Å²) in [6, 6.07) is 50.6. The van der Waals surface area contributed by atoms with Crippen molar-refractivity contribution in [2.24, 2.45) is 5.92 Å². The van der Waals surface area contributed by atoms with Crippen LogP contribution in [0.4, 0.5) is 4.39 Å². The average Bonchev–Trinajstić information content (AvgIpc) is 3.18. The van der Waals surface area contributed by atoms with Crippen molar-refractivity contribution in [3.63, 3.8) is 0 Å². The fourth-order valence-electron chi connectivity index (χ4n) is 6.70. The molecule has 6 heteroatoms. The number of rotatable bonds is 12. The predicted octanol–water partition coefficient (Wildman–Crippen LogP) is 9.87. The minimum absolute atomic E-state index is 0.0449. The summed E-state index contributed by atoms with van der Waals surface area (Å²) in [6.07, 6.45) is 1.99. The molecule has 0 unspecified atom stereocenters. The van der Waals surface area contributed by atoms with Crippen LogP contribution in [0, 0.1) is 30.5 Å². The second kappa shape index (κ2) is 16.6. The SMILES string of the molecule is CC(=O)[C@@H](CC(C#CC=C(c1ccccc1)c1ccccc1)(c1ccccc1)c1ccccc1)[C@H](NS(=O)(=O)c1ccc(C)cc1)c1cccc(F)c1. The maximum absolute atomic E-state index is 14.9. The Morgan fingerprint density at radius 1 is 0.717 bits per heavy atom. The minimum Gasteiger partial charge on any atom is -0.300 e. The lowest BCUT2D eigenvalue weighted by atomic mass is 9.67. The summed E-state index contributed by atoms with van der Waals surface area (Å²) >= 11 is 0. The smallest absolute Gasteiger partial charge is 0.241 e. The number of benzene rings is 6. The number of nitrogens with one attached hydrogen (secondary N) is 1. The number of Topliss-reactive ketones (excluding diaryl/α,β-unsaturated/α-hetero) is 1. The third kappa shape index (κ3) is 8.78. The predicted molar refractivity (Wildman–Crippen MR) is 211 cm³/mol. The molecule has 0 aromatic heterocycles. The Bertz CT molecular complexity index is 2270. The van der Waals surface area contributed by atoms with Gasteiger partial charge in [0.1, 0.15) is 11.6 Å².